The minimum absolute atomic E-state index is 0.0172. The Morgan fingerprint density at radius 3 is 2.53 bits per heavy atom. The minimum Gasteiger partial charge on any atom is -0.461 e. The molecule has 1 aliphatic rings. The van der Waals surface area contributed by atoms with E-state index in [0.29, 0.717) is 35.3 Å². The maximum atomic E-state index is 12.7. The molecule has 0 saturated heterocycles. The third kappa shape index (κ3) is 7.85. The summed E-state index contributed by atoms with van der Waals surface area (Å²) in [5.41, 5.74) is 2.13. The van der Waals surface area contributed by atoms with E-state index in [1.165, 1.54) is 17.6 Å². The Labute approximate surface area is 218 Å². The molecule has 0 spiro atoms. The Balaban J connectivity index is 1.64. The largest absolute Gasteiger partial charge is 0.461 e. The molecule has 1 unspecified atom stereocenters. The zero-order chi connectivity index (χ0) is 26.5. The van der Waals surface area contributed by atoms with E-state index in [2.05, 4.69) is 29.5 Å². The number of carbonyl (C=O) groups is 2. The van der Waals surface area contributed by atoms with Crippen LogP contribution in [0.3, 0.4) is 0 Å². The number of hydrogen-bond acceptors (Lipinski definition) is 8. The lowest BCUT2D eigenvalue weighted by Gasteiger charge is -2.21. The summed E-state index contributed by atoms with van der Waals surface area (Å²) in [6.07, 6.45) is 5.62. The van der Waals surface area contributed by atoms with Crippen molar-refractivity contribution in [3.8, 4) is 10.4 Å². The van der Waals surface area contributed by atoms with Crippen LogP contribution >= 0.6 is 11.3 Å². The summed E-state index contributed by atoms with van der Waals surface area (Å²) in [7, 11) is -3.36. The molecule has 1 aromatic heterocycles. The number of hydrogen-bond donors (Lipinski definition) is 2. The molecule has 198 valence electrons. The number of esters is 1. The molecule has 1 atom stereocenters. The molecular weight excluding hydrogens is 498 g/mol. The molecule has 1 heterocycles. The number of ether oxygens (including phenoxy) is 1. The molecule has 0 aliphatic heterocycles. The second-order valence-corrected chi connectivity index (χ2v) is 13.0. The lowest BCUT2D eigenvalue weighted by atomic mass is 10.1. The van der Waals surface area contributed by atoms with Gasteiger partial charge in [0.05, 0.1) is 15.5 Å². The summed E-state index contributed by atoms with van der Waals surface area (Å²) in [5.74, 6) is -0.160. The van der Waals surface area contributed by atoms with Crippen molar-refractivity contribution >= 4 is 38.2 Å². The first-order chi connectivity index (χ1) is 16.9. The predicted octanol–water partition coefficient (Wildman–Crippen LogP) is 4.65. The van der Waals surface area contributed by atoms with E-state index in [1.54, 1.807) is 19.1 Å². The van der Waals surface area contributed by atoms with E-state index in [1.807, 2.05) is 13.0 Å². The molecule has 2 aromatic rings. The van der Waals surface area contributed by atoms with E-state index in [0.717, 1.165) is 36.1 Å². The summed E-state index contributed by atoms with van der Waals surface area (Å²) < 4.78 is 29.9. The van der Waals surface area contributed by atoms with Crippen LogP contribution in [0.1, 0.15) is 63.6 Å². The lowest BCUT2D eigenvalue weighted by molar-refractivity contribution is -0.151. The SMILES string of the molecule is Cc1ccc(-c2sc(NC(=O)CCC(NCC(C)C)C(=O)OC3CCCC3)nc2C)cc1S(C)(=O)=O. The van der Waals surface area contributed by atoms with Gasteiger partial charge in [-0.1, -0.05) is 37.3 Å². The number of aromatic nitrogens is 1. The lowest BCUT2D eigenvalue weighted by Crippen LogP contribution is -2.41. The summed E-state index contributed by atoms with van der Waals surface area (Å²) in [4.78, 5) is 31.0. The van der Waals surface area contributed by atoms with Crippen LogP contribution in [0.15, 0.2) is 23.1 Å². The number of benzene rings is 1. The molecule has 0 bridgehead atoms. The Kier molecular flexibility index (Phi) is 9.66. The quantitative estimate of drug-likeness (QED) is 0.403. The van der Waals surface area contributed by atoms with E-state index >= 15 is 0 Å². The van der Waals surface area contributed by atoms with Gasteiger partial charge in [0.1, 0.15) is 12.1 Å². The standard InChI is InChI=1S/C26H37N3O5S2/c1-16(2)15-27-21(25(31)34-20-8-6-7-9-20)12-13-23(30)29-26-28-18(4)24(35-26)19-11-10-17(3)22(14-19)36(5,32)33/h10-11,14,16,20-21,27H,6-9,12-13,15H2,1-5H3,(H,28,29,30). The highest BCUT2D eigenvalue weighted by atomic mass is 32.2. The highest BCUT2D eigenvalue weighted by molar-refractivity contribution is 7.90. The zero-order valence-electron chi connectivity index (χ0n) is 21.7. The first-order valence-corrected chi connectivity index (χ1v) is 15.2. The highest BCUT2D eigenvalue weighted by Crippen LogP contribution is 2.34. The molecule has 1 fully saturated rings. The molecule has 1 aliphatic carbocycles. The molecule has 1 aromatic carbocycles. The van der Waals surface area contributed by atoms with Crippen LogP contribution in [0.2, 0.25) is 0 Å². The number of carbonyl (C=O) groups excluding carboxylic acids is 2. The second kappa shape index (κ2) is 12.3. The van der Waals surface area contributed by atoms with Gasteiger partial charge in [0.25, 0.3) is 0 Å². The molecule has 8 nitrogen and oxygen atoms in total. The van der Waals surface area contributed by atoms with Crippen molar-refractivity contribution in [2.75, 3.05) is 18.1 Å². The van der Waals surface area contributed by atoms with Crippen molar-refractivity contribution in [2.45, 2.75) is 83.3 Å². The van der Waals surface area contributed by atoms with Gasteiger partial charge < -0.3 is 15.4 Å². The van der Waals surface area contributed by atoms with Crippen molar-refractivity contribution in [3.63, 3.8) is 0 Å². The maximum Gasteiger partial charge on any atom is 0.323 e. The number of anilines is 1. The second-order valence-electron chi connectivity index (χ2n) is 9.97. The predicted molar refractivity (Wildman–Crippen MR) is 143 cm³/mol. The Hall–Kier alpha value is -2.30. The van der Waals surface area contributed by atoms with Crippen LogP contribution in [0.4, 0.5) is 5.13 Å². The summed E-state index contributed by atoms with van der Waals surface area (Å²) in [6, 6.07) is 4.75. The average molecular weight is 536 g/mol. The minimum atomic E-state index is -3.36. The molecule has 10 heteroatoms. The van der Waals surface area contributed by atoms with Gasteiger partial charge in [-0.2, -0.15) is 0 Å². The number of thiazole rings is 1. The number of sulfone groups is 1. The average Bonchev–Trinajstić information content (AvgIpc) is 3.42. The fourth-order valence-electron chi connectivity index (χ4n) is 4.25. The molecule has 0 radical (unpaired) electrons. The van der Waals surface area contributed by atoms with Gasteiger partial charge in [0, 0.05) is 12.7 Å². The molecule has 1 saturated carbocycles. The summed E-state index contributed by atoms with van der Waals surface area (Å²) in [5, 5.41) is 6.52. The number of rotatable bonds is 11. The van der Waals surface area contributed by atoms with Gasteiger partial charge in [0.15, 0.2) is 15.0 Å². The number of nitrogens with one attached hydrogen (secondary N) is 2. The smallest absolute Gasteiger partial charge is 0.323 e. The van der Waals surface area contributed by atoms with E-state index in [-0.39, 0.29) is 29.3 Å². The van der Waals surface area contributed by atoms with Crippen LogP contribution in [-0.4, -0.2) is 50.2 Å². The first-order valence-electron chi connectivity index (χ1n) is 12.5. The normalized spacial score (nSPS) is 15.3. The Morgan fingerprint density at radius 1 is 1.19 bits per heavy atom. The van der Waals surface area contributed by atoms with Crippen molar-refractivity contribution < 1.29 is 22.7 Å². The third-order valence-corrected chi connectivity index (χ3v) is 8.56. The third-order valence-electron chi connectivity index (χ3n) is 6.19. The van der Waals surface area contributed by atoms with Crippen molar-refractivity contribution in [1.29, 1.82) is 0 Å². The maximum absolute atomic E-state index is 12.7. The molecular formula is C26H37N3O5S2. The van der Waals surface area contributed by atoms with Crippen LogP contribution in [-0.2, 0) is 24.2 Å². The van der Waals surface area contributed by atoms with E-state index in [4.69, 9.17) is 4.74 Å². The Bertz CT molecular complexity index is 1180. The van der Waals surface area contributed by atoms with Gasteiger partial charge in [-0.05, 0) is 75.6 Å². The van der Waals surface area contributed by atoms with Crippen molar-refractivity contribution in [1.82, 2.24) is 10.3 Å². The fraction of sp³-hybridized carbons (Fsp3) is 0.577. The van der Waals surface area contributed by atoms with Crippen LogP contribution in [0, 0.1) is 19.8 Å². The summed E-state index contributed by atoms with van der Waals surface area (Å²) >= 11 is 1.30. The van der Waals surface area contributed by atoms with Crippen molar-refractivity contribution in [3.05, 3.63) is 29.5 Å². The van der Waals surface area contributed by atoms with Crippen LogP contribution in [0.5, 0.6) is 0 Å². The summed E-state index contributed by atoms with van der Waals surface area (Å²) in [6.45, 7) is 8.38. The first kappa shape index (κ1) is 28.3. The van der Waals surface area contributed by atoms with Crippen LogP contribution in [0.25, 0.3) is 10.4 Å². The van der Waals surface area contributed by atoms with Gasteiger partial charge >= 0.3 is 5.97 Å². The molecule has 1 amide bonds. The van der Waals surface area contributed by atoms with Gasteiger partial charge in [0.2, 0.25) is 5.91 Å². The van der Waals surface area contributed by atoms with Gasteiger partial charge in [-0.25, -0.2) is 13.4 Å². The van der Waals surface area contributed by atoms with Gasteiger partial charge in [-0.15, -0.1) is 0 Å². The molecule has 2 N–H and O–H groups in total. The molecule has 3 rings (SSSR count). The van der Waals surface area contributed by atoms with E-state index < -0.39 is 15.9 Å². The topological polar surface area (TPSA) is 114 Å². The number of amides is 1. The number of nitrogens with zero attached hydrogens (tertiary/aromatic N) is 1. The monoisotopic (exact) mass is 535 g/mol. The fourth-order valence-corrected chi connectivity index (χ4v) is 6.22. The Morgan fingerprint density at radius 2 is 1.89 bits per heavy atom. The van der Waals surface area contributed by atoms with Gasteiger partial charge in [-0.3, -0.25) is 9.59 Å². The zero-order valence-corrected chi connectivity index (χ0v) is 23.4. The highest BCUT2D eigenvalue weighted by Gasteiger charge is 2.26. The van der Waals surface area contributed by atoms with Crippen LogP contribution < -0.4 is 10.6 Å². The van der Waals surface area contributed by atoms with E-state index in [9.17, 15) is 18.0 Å². The van der Waals surface area contributed by atoms with Crippen molar-refractivity contribution in [2.24, 2.45) is 5.92 Å². The molecule has 36 heavy (non-hydrogen) atoms. The number of aryl methyl sites for hydroxylation is 2.